The van der Waals surface area contributed by atoms with Crippen molar-refractivity contribution in [1.29, 1.82) is 0 Å². The molecule has 0 aliphatic carbocycles. The summed E-state index contributed by atoms with van der Waals surface area (Å²) in [7, 11) is 1.31. The van der Waals surface area contributed by atoms with Gasteiger partial charge in [-0.3, -0.25) is 4.79 Å². The van der Waals surface area contributed by atoms with Crippen LogP contribution >= 0.6 is 11.3 Å². The molecule has 0 spiro atoms. The maximum atomic E-state index is 11.2. The molecule has 1 N–H and O–H groups in total. The van der Waals surface area contributed by atoms with Crippen molar-refractivity contribution < 1.29 is 14.3 Å². The fourth-order valence-corrected chi connectivity index (χ4v) is 1.81. The molecule has 0 bridgehead atoms. The second-order valence-corrected chi connectivity index (χ2v) is 3.61. The second kappa shape index (κ2) is 4.19. The van der Waals surface area contributed by atoms with E-state index in [9.17, 15) is 9.59 Å². The fourth-order valence-electron chi connectivity index (χ4n) is 0.883. The number of nitrogens with one attached hydrogen (secondary N) is 1. The average molecular weight is 214 g/mol. The lowest BCUT2D eigenvalue weighted by molar-refractivity contribution is -0.114. The molecule has 76 valence electrons. The average Bonchev–Trinajstić information content (AvgIpc) is 2.44. The summed E-state index contributed by atoms with van der Waals surface area (Å²) in [6, 6.07) is 0. The molecule has 14 heavy (non-hydrogen) atoms. The number of methoxy groups -OCH3 is 1. The molecule has 0 atom stereocenters. The summed E-state index contributed by atoms with van der Waals surface area (Å²) in [4.78, 5) is 26.3. The van der Waals surface area contributed by atoms with Gasteiger partial charge in [0.15, 0.2) is 5.13 Å². The van der Waals surface area contributed by atoms with Crippen LogP contribution in [0, 0.1) is 6.92 Å². The zero-order valence-electron chi connectivity index (χ0n) is 8.08. The first-order valence-electron chi connectivity index (χ1n) is 3.88. The number of hydrogen-bond acceptors (Lipinski definition) is 5. The van der Waals surface area contributed by atoms with Gasteiger partial charge in [-0.2, -0.15) is 0 Å². The van der Waals surface area contributed by atoms with Crippen LogP contribution in [0.4, 0.5) is 5.13 Å². The van der Waals surface area contributed by atoms with Crippen LogP contribution in [0.5, 0.6) is 0 Å². The van der Waals surface area contributed by atoms with Crippen LogP contribution in [0.1, 0.15) is 22.3 Å². The lowest BCUT2D eigenvalue weighted by Gasteiger charge is -1.93. The van der Waals surface area contributed by atoms with Gasteiger partial charge in [0.2, 0.25) is 5.91 Å². The van der Waals surface area contributed by atoms with Gasteiger partial charge in [-0.15, -0.1) is 0 Å². The summed E-state index contributed by atoms with van der Waals surface area (Å²) in [6.07, 6.45) is 0. The second-order valence-electron chi connectivity index (χ2n) is 2.61. The minimum Gasteiger partial charge on any atom is -0.465 e. The van der Waals surface area contributed by atoms with Crippen LogP contribution < -0.4 is 5.32 Å². The number of esters is 1. The van der Waals surface area contributed by atoms with E-state index in [1.807, 2.05) is 0 Å². The number of thiazole rings is 1. The Kier molecular flexibility index (Phi) is 3.19. The standard InChI is InChI=1S/C8H10N2O3S/c1-4-6(7(12)13-3)14-8(9-4)10-5(2)11/h1-3H3,(H,9,10,11). The molecule has 5 nitrogen and oxygen atoms in total. The summed E-state index contributed by atoms with van der Waals surface area (Å²) >= 11 is 1.10. The quantitative estimate of drug-likeness (QED) is 0.751. The Morgan fingerprint density at radius 3 is 2.64 bits per heavy atom. The van der Waals surface area contributed by atoms with E-state index >= 15 is 0 Å². The van der Waals surface area contributed by atoms with Gasteiger partial charge in [0.05, 0.1) is 12.8 Å². The number of aromatic nitrogens is 1. The van der Waals surface area contributed by atoms with Crippen LogP contribution in [0.3, 0.4) is 0 Å². The minimum absolute atomic E-state index is 0.213. The first-order valence-corrected chi connectivity index (χ1v) is 4.69. The summed E-state index contributed by atoms with van der Waals surface area (Å²) in [5.74, 6) is -0.647. The van der Waals surface area contributed by atoms with Gasteiger partial charge in [-0.05, 0) is 6.92 Å². The van der Waals surface area contributed by atoms with Gasteiger partial charge >= 0.3 is 5.97 Å². The first-order chi connectivity index (χ1) is 6.54. The van der Waals surface area contributed by atoms with Gasteiger partial charge in [0.1, 0.15) is 4.88 Å². The van der Waals surface area contributed by atoms with E-state index in [0.717, 1.165) is 11.3 Å². The van der Waals surface area contributed by atoms with E-state index in [1.54, 1.807) is 6.92 Å². The topological polar surface area (TPSA) is 68.3 Å². The van der Waals surface area contributed by atoms with E-state index in [2.05, 4.69) is 15.0 Å². The van der Waals surface area contributed by atoms with E-state index in [4.69, 9.17) is 0 Å². The molecule has 1 rings (SSSR count). The molecular weight excluding hydrogens is 204 g/mol. The molecule has 0 saturated heterocycles. The number of carbonyl (C=O) groups is 2. The maximum Gasteiger partial charge on any atom is 0.350 e. The number of aryl methyl sites for hydroxylation is 1. The maximum absolute atomic E-state index is 11.2. The molecule has 0 radical (unpaired) electrons. The Balaban J connectivity index is 2.93. The Bertz CT molecular complexity index is 373. The zero-order chi connectivity index (χ0) is 10.7. The monoisotopic (exact) mass is 214 g/mol. The number of hydrogen-bond donors (Lipinski definition) is 1. The van der Waals surface area contributed by atoms with Crippen LogP contribution in [-0.2, 0) is 9.53 Å². The lowest BCUT2D eigenvalue weighted by Crippen LogP contribution is -2.04. The molecule has 0 aliphatic heterocycles. The molecule has 1 aromatic heterocycles. The van der Waals surface area contributed by atoms with E-state index in [0.29, 0.717) is 15.7 Å². The molecule has 0 aliphatic rings. The van der Waals surface area contributed by atoms with Gasteiger partial charge in [-0.25, -0.2) is 9.78 Å². The highest BCUT2D eigenvalue weighted by Crippen LogP contribution is 2.22. The molecule has 1 aromatic rings. The Morgan fingerprint density at radius 1 is 1.50 bits per heavy atom. The predicted octanol–water partition coefficient (Wildman–Crippen LogP) is 1.20. The molecule has 0 saturated carbocycles. The molecule has 0 aromatic carbocycles. The number of ether oxygens (including phenoxy) is 1. The van der Waals surface area contributed by atoms with Gasteiger partial charge in [0.25, 0.3) is 0 Å². The van der Waals surface area contributed by atoms with Crippen molar-refractivity contribution in [2.75, 3.05) is 12.4 Å². The van der Waals surface area contributed by atoms with Gasteiger partial charge in [0, 0.05) is 6.92 Å². The SMILES string of the molecule is COC(=O)c1sc(NC(C)=O)nc1C. The van der Waals surface area contributed by atoms with Crippen molar-refractivity contribution in [3.05, 3.63) is 10.6 Å². The van der Waals surface area contributed by atoms with Gasteiger partial charge in [-0.1, -0.05) is 11.3 Å². The molecule has 1 amide bonds. The highest BCUT2D eigenvalue weighted by Gasteiger charge is 2.15. The molecule has 6 heteroatoms. The molecule has 1 heterocycles. The third-order valence-corrected chi connectivity index (χ3v) is 2.50. The third-order valence-electron chi connectivity index (χ3n) is 1.45. The van der Waals surface area contributed by atoms with Gasteiger partial charge < -0.3 is 10.1 Å². The number of anilines is 1. The Morgan fingerprint density at radius 2 is 2.14 bits per heavy atom. The van der Waals surface area contributed by atoms with Crippen molar-refractivity contribution in [3.8, 4) is 0 Å². The number of nitrogens with zero attached hydrogens (tertiary/aromatic N) is 1. The van der Waals surface area contributed by atoms with Crippen LogP contribution in [0.2, 0.25) is 0 Å². The zero-order valence-corrected chi connectivity index (χ0v) is 8.90. The highest BCUT2D eigenvalue weighted by atomic mass is 32.1. The highest BCUT2D eigenvalue weighted by molar-refractivity contribution is 7.17. The predicted molar refractivity (Wildman–Crippen MR) is 52.5 cm³/mol. The van der Waals surface area contributed by atoms with E-state index < -0.39 is 5.97 Å². The lowest BCUT2D eigenvalue weighted by atomic mass is 10.4. The van der Waals surface area contributed by atoms with Crippen molar-refractivity contribution in [2.45, 2.75) is 13.8 Å². The largest absolute Gasteiger partial charge is 0.465 e. The van der Waals surface area contributed by atoms with Crippen molar-refractivity contribution in [1.82, 2.24) is 4.98 Å². The first kappa shape index (κ1) is 10.6. The number of rotatable bonds is 2. The third kappa shape index (κ3) is 2.29. The van der Waals surface area contributed by atoms with E-state index in [-0.39, 0.29) is 5.91 Å². The Labute approximate surface area is 85.1 Å². The normalized spacial score (nSPS) is 9.64. The van der Waals surface area contributed by atoms with Crippen LogP contribution in [0.15, 0.2) is 0 Å². The number of amides is 1. The van der Waals surface area contributed by atoms with Crippen LogP contribution in [0.25, 0.3) is 0 Å². The van der Waals surface area contributed by atoms with Crippen LogP contribution in [-0.4, -0.2) is 24.0 Å². The summed E-state index contributed by atoms with van der Waals surface area (Å²) < 4.78 is 4.55. The number of carbonyl (C=O) groups excluding carboxylic acids is 2. The fraction of sp³-hybridized carbons (Fsp3) is 0.375. The molecular formula is C8H10N2O3S. The summed E-state index contributed by atoms with van der Waals surface area (Å²) in [5, 5.41) is 2.92. The Hall–Kier alpha value is -1.43. The minimum atomic E-state index is -0.434. The summed E-state index contributed by atoms with van der Waals surface area (Å²) in [5.41, 5.74) is 0.561. The van der Waals surface area contributed by atoms with Crippen molar-refractivity contribution in [2.24, 2.45) is 0 Å². The smallest absolute Gasteiger partial charge is 0.350 e. The molecule has 0 fully saturated rings. The van der Waals surface area contributed by atoms with Crippen molar-refractivity contribution in [3.63, 3.8) is 0 Å². The van der Waals surface area contributed by atoms with Crippen molar-refractivity contribution >= 4 is 28.3 Å². The summed E-state index contributed by atoms with van der Waals surface area (Å²) in [6.45, 7) is 3.07. The van der Waals surface area contributed by atoms with E-state index in [1.165, 1.54) is 14.0 Å². The molecule has 0 unspecified atom stereocenters.